The molecule has 29 heavy (non-hydrogen) atoms. The highest BCUT2D eigenvalue weighted by Crippen LogP contribution is 2.44. The van der Waals surface area contributed by atoms with Gasteiger partial charge in [-0.05, 0) is 24.7 Å². The van der Waals surface area contributed by atoms with Gasteiger partial charge in [-0.25, -0.2) is 0 Å². The van der Waals surface area contributed by atoms with Crippen molar-refractivity contribution in [1.29, 1.82) is 0 Å². The number of imide groups is 1. The Kier molecular flexibility index (Phi) is 9.23. The molecule has 1 rings (SSSR count). The lowest BCUT2D eigenvalue weighted by molar-refractivity contribution is -0.135. The second-order valence-corrected chi connectivity index (χ2v) is 10.6. The number of rotatable bonds is 11. The molecular weight excluding hydrogens is 397 g/mol. The molecular formula is C19H32N3O6P. The van der Waals surface area contributed by atoms with Gasteiger partial charge in [0.1, 0.15) is 12.3 Å². The summed E-state index contributed by atoms with van der Waals surface area (Å²) >= 11 is 0. The summed E-state index contributed by atoms with van der Waals surface area (Å²) in [5, 5.41) is 5.21. The smallest absolute Gasteiger partial charge is 0.254 e. The molecule has 0 bridgehead atoms. The van der Waals surface area contributed by atoms with E-state index in [4.69, 9.17) is 0 Å². The zero-order valence-electron chi connectivity index (χ0n) is 17.7. The third kappa shape index (κ3) is 8.11. The fourth-order valence-corrected chi connectivity index (χ4v) is 5.03. The standard InChI is InChI=1S/C19H32N3O6P/c1-12(2)8-14(18(25)21-15(9-13(3)4)19(26)20-5)10-29(27,28)11-22-16(23)6-7-17(22)24/h6-7,12-15H,8-11H2,1-5H3,(H,20,26)(H,21,25)(H,27,28)/t14?,15-/m0/s1. The molecule has 0 saturated heterocycles. The molecule has 3 N–H and O–H groups in total. The van der Waals surface area contributed by atoms with Crippen molar-refractivity contribution >= 4 is 31.0 Å². The lowest BCUT2D eigenvalue weighted by atomic mass is 9.96. The summed E-state index contributed by atoms with van der Waals surface area (Å²) in [7, 11) is -2.52. The molecule has 0 aromatic heterocycles. The Morgan fingerprint density at radius 1 is 1.03 bits per heavy atom. The average molecular weight is 429 g/mol. The molecule has 2 unspecified atom stereocenters. The molecule has 1 aliphatic heterocycles. The fourth-order valence-electron chi connectivity index (χ4n) is 3.19. The van der Waals surface area contributed by atoms with E-state index in [1.165, 1.54) is 7.05 Å². The Morgan fingerprint density at radius 2 is 1.55 bits per heavy atom. The van der Waals surface area contributed by atoms with Crippen LogP contribution in [0.15, 0.2) is 12.2 Å². The lowest BCUT2D eigenvalue weighted by Crippen LogP contribution is -2.49. The van der Waals surface area contributed by atoms with Crippen molar-refractivity contribution in [2.24, 2.45) is 17.8 Å². The van der Waals surface area contributed by atoms with Crippen LogP contribution in [0, 0.1) is 17.8 Å². The minimum Gasteiger partial charge on any atom is -0.357 e. The van der Waals surface area contributed by atoms with Crippen LogP contribution in [0.5, 0.6) is 0 Å². The summed E-state index contributed by atoms with van der Waals surface area (Å²) < 4.78 is 12.7. The molecule has 0 spiro atoms. The molecule has 0 aromatic carbocycles. The zero-order chi connectivity index (χ0) is 22.4. The van der Waals surface area contributed by atoms with E-state index < -0.39 is 43.3 Å². The number of carbonyl (C=O) groups is 4. The van der Waals surface area contributed by atoms with E-state index in [-0.39, 0.29) is 23.9 Å². The van der Waals surface area contributed by atoms with Crippen LogP contribution in [-0.2, 0) is 23.7 Å². The Bertz CT molecular complexity index is 701. The summed E-state index contributed by atoms with van der Waals surface area (Å²) in [6, 6.07) is -0.744. The summed E-state index contributed by atoms with van der Waals surface area (Å²) in [5.41, 5.74) is 0. The van der Waals surface area contributed by atoms with E-state index in [2.05, 4.69) is 10.6 Å². The molecule has 3 atom stereocenters. The summed E-state index contributed by atoms with van der Waals surface area (Å²) in [6.07, 6.45) is 1.83. The Labute approximate surface area is 171 Å². The monoisotopic (exact) mass is 429 g/mol. The first-order valence-electron chi connectivity index (χ1n) is 9.72. The minimum absolute atomic E-state index is 0.0611. The number of nitrogens with one attached hydrogen (secondary N) is 2. The number of hydrogen-bond acceptors (Lipinski definition) is 5. The van der Waals surface area contributed by atoms with Gasteiger partial charge in [0.25, 0.3) is 11.8 Å². The molecule has 1 aliphatic rings. The first kappa shape index (κ1) is 25.0. The molecule has 0 radical (unpaired) electrons. The summed E-state index contributed by atoms with van der Waals surface area (Å²) in [4.78, 5) is 59.4. The van der Waals surface area contributed by atoms with Crippen LogP contribution in [0.1, 0.15) is 40.5 Å². The van der Waals surface area contributed by atoms with Gasteiger partial charge in [0.05, 0.1) is 0 Å². The second kappa shape index (κ2) is 10.7. The second-order valence-electron chi connectivity index (χ2n) is 8.24. The molecule has 10 heteroatoms. The highest BCUT2D eigenvalue weighted by atomic mass is 31.2. The van der Waals surface area contributed by atoms with E-state index in [0.717, 1.165) is 12.2 Å². The van der Waals surface area contributed by atoms with Gasteiger partial charge in [-0.3, -0.25) is 28.6 Å². The van der Waals surface area contributed by atoms with Crippen LogP contribution in [0.3, 0.4) is 0 Å². The Morgan fingerprint density at radius 3 is 2.00 bits per heavy atom. The molecule has 0 saturated carbocycles. The van der Waals surface area contributed by atoms with E-state index in [1.807, 2.05) is 27.7 Å². The van der Waals surface area contributed by atoms with Crippen LogP contribution in [0.2, 0.25) is 0 Å². The maximum Gasteiger partial charge on any atom is 0.254 e. The van der Waals surface area contributed by atoms with E-state index in [0.29, 0.717) is 17.7 Å². The number of carbonyl (C=O) groups excluding carboxylic acids is 4. The zero-order valence-corrected chi connectivity index (χ0v) is 18.6. The number of likely N-dealkylation sites (N-methyl/N-ethyl adjacent to an activating group) is 1. The maximum atomic E-state index is 12.9. The minimum atomic E-state index is -4.00. The quantitative estimate of drug-likeness (QED) is 0.333. The van der Waals surface area contributed by atoms with Gasteiger partial charge in [-0.1, -0.05) is 27.7 Å². The molecule has 0 fully saturated rings. The first-order chi connectivity index (χ1) is 13.4. The van der Waals surface area contributed by atoms with Crippen LogP contribution >= 0.6 is 7.37 Å². The SMILES string of the molecule is CNC(=O)[C@H](CC(C)C)NC(=O)C(CC(C)C)CP(=O)(O)CN1C(=O)C=CC1=O. The van der Waals surface area contributed by atoms with E-state index in [9.17, 15) is 28.6 Å². The largest absolute Gasteiger partial charge is 0.357 e. The van der Waals surface area contributed by atoms with Crippen molar-refractivity contribution < 1.29 is 28.6 Å². The van der Waals surface area contributed by atoms with E-state index in [1.54, 1.807) is 0 Å². The third-order valence-corrected chi connectivity index (χ3v) is 6.22. The molecule has 164 valence electrons. The van der Waals surface area contributed by atoms with Crippen LogP contribution in [-0.4, -0.2) is 59.0 Å². The van der Waals surface area contributed by atoms with Gasteiger partial charge < -0.3 is 15.5 Å². The first-order valence-corrected chi connectivity index (χ1v) is 11.8. The van der Waals surface area contributed by atoms with Crippen LogP contribution in [0.4, 0.5) is 0 Å². The molecule has 0 aromatic rings. The van der Waals surface area contributed by atoms with Crippen LogP contribution < -0.4 is 10.6 Å². The topological polar surface area (TPSA) is 133 Å². The van der Waals surface area contributed by atoms with Crippen molar-refractivity contribution in [2.45, 2.75) is 46.6 Å². The third-order valence-electron chi connectivity index (χ3n) is 4.48. The van der Waals surface area contributed by atoms with Crippen molar-refractivity contribution in [1.82, 2.24) is 15.5 Å². The summed E-state index contributed by atoms with van der Waals surface area (Å²) in [6.45, 7) is 7.61. The maximum absolute atomic E-state index is 12.9. The predicted octanol–water partition coefficient (Wildman–Crippen LogP) is 1.08. The molecule has 1 heterocycles. The molecule has 4 amide bonds. The van der Waals surface area contributed by atoms with Crippen molar-refractivity contribution in [2.75, 3.05) is 19.5 Å². The van der Waals surface area contributed by atoms with Crippen molar-refractivity contribution in [3.63, 3.8) is 0 Å². The van der Waals surface area contributed by atoms with Gasteiger partial charge in [0.2, 0.25) is 19.2 Å². The van der Waals surface area contributed by atoms with Gasteiger partial charge in [0.15, 0.2) is 0 Å². The average Bonchev–Trinajstić information content (AvgIpc) is 2.90. The molecule has 0 aliphatic carbocycles. The predicted molar refractivity (Wildman–Crippen MR) is 109 cm³/mol. The fraction of sp³-hybridized carbons (Fsp3) is 0.684. The number of nitrogens with zero attached hydrogens (tertiary/aromatic N) is 1. The van der Waals surface area contributed by atoms with Gasteiger partial charge in [-0.15, -0.1) is 0 Å². The van der Waals surface area contributed by atoms with E-state index >= 15 is 0 Å². The highest BCUT2D eigenvalue weighted by molar-refractivity contribution is 7.58. The van der Waals surface area contributed by atoms with Gasteiger partial charge >= 0.3 is 0 Å². The highest BCUT2D eigenvalue weighted by Gasteiger charge is 2.36. The molecule has 9 nitrogen and oxygen atoms in total. The van der Waals surface area contributed by atoms with Gasteiger partial charge in [0, 0.05) is 31.3 Å². The van der Waals surface area contributed by atoms with Crippen molar-refractivity contribution in [3.05, 3.63) is 12.2 Å². The van der Waals surface area contributed by atoms with Gasteiger partial charge in [-0.2, -0.15) is 0 Å². The van der Waals surface area contributed by atoms with Crippen LogP contribution in [0.25, 0.3) is 0 Å². The Hall–Kier alpha value is -1.99. The Balaban J connectivity index is 2.92. The summed E-state index contributed by atoms with van der Waals surface area (Å²) in [5.74, 6) is -2.72. The van der Waals surface area contributed by atoms with Crippen molar-refractivity contribution in [3.8, 4) is 0 Å². The lowest BCUT2D eigenvalue weighted by Gasteiger charge is -2.26. The number of hydrogen-bond donors (Lipinski definition) is 3. The normalized spacial score (nSPS) is 18.1. The number of amides is 4.